The number of aliphatic carboxylic acids is 1. The summed E-state index contributed by atoms with van der Waals surface area (Å²) in [5.41, 5.74) is 1.93. The zero-order valence-electron chi connectivity index (χ0n) is 11.7. The fraction of sp³-hybridized carbons (Fsp3) is 0.308. The molecular weight excluding hydrogens is 274 g/mol. The quantitative estimate of drug-likeness (QED) is 0.843. The molecule has 0 fully saturated rings. The van der Waals surface area contributed by atoms with Crippen LogP contribution in [-0.2, 0) is 16.1 Å². The van der Waals surface area contributed by atoms with Gasteiger partial charge in [0.05, 0.1) is 0 Å². The van der Waals surface area contributed by atoms with Crippen LogP contribution in [0.1, 0.15) is 5.56 Å². The Hall–Kier alpha value is -2.77. The number of carboxylic acids is 1. The fourth-order valence-electron chi connectivity index (χ4n) is 1.66. The zero-order valence-corrected chi connectivity index (χ0v) is 11.7. The molecule has 1 amide bonds. The third-order valence-corrected chi connectivity index (χ3v) is 2.84. The largest absolute Gasteiger partial charge is 0.480 e. The summed E-state index contributed by atoms with van der Waals surface area (Å²) >= 11 is 0. The van der Waals surface area contributed by atoms with E-state index < -0.39 is 11.9 Å². The molecule has 0 spiro atoms. The Morgan fingerprint density at radius 1 is 1.29 bits per heavy atom. The third kappa shape index (κ3) is 3.85. The number of benzene rings is 1. The number of aryl methyl sites for hydroxylation is 1. The molecule has 21 heavy (non-hydrogen) atoms. The lowest BCUT2D eigenvalue weighted by molar-refractivity contribution is -0.143. The van der Waals surface area contributed by atoms with Crippen LogP contribution in [0.15, 0.2) is 24.3 Å². The smallest absolute Gasteiger partial charge is 0.323 e. The van der Waals surface area contributed by atoms with Crippen molar-refractivity contribution < 1.29 is 14.7 Å². The van der Waals surface area contributed by atoms with Crippen molar-refractivity contribution in [1.82, 2.24) is 25.1 Å². The van der Waals surface area contributed by atoms with Crippen molar-refractivity contribution in [3.8, 4) is 11.4 Å². The number of hydrogen-bond acceptors (Lipinski definition) is 5. The number of hydrogen-bond donors (Lipinski definition) is 1. The minimum atomic E-state index is -1.07. The molecule has 2 aromatic rings. The van der Waals surface area contributed by atoms with Crippen LogP contribution in [0.25, 0.3) is 11.4 Å². The summed E-state index contributed by atoms with van der Waals surface area (Å²) in [5, 5.41) is 20.4. The molecule has 0 saturated carbocycles. The van der Waals surface area contributed by atoms with E-state index in [2.05, 4.69) is 15.4 Å². The predicted octanol–water partition coefficient (Wildman–Crippen LogP) is 0.192. The first-order chi connectivity index (χ1) is 9.95. The molecule has 0 unspecified atom stereocenters. The number of carboxylic acid groups (broad SMARTS) is 1. The van der Waals surface area contributed by atoms with E-state index in [9.17, 15) is 9.59 Å². The van der Waals surface area contributed by atoms with E-state index in [4.69, 9.17) is 5.11 Å². The highest BCUT2D eigenvalue weighted by Crippen LogP contribution is 2.13. The molecule has 8 nitrogen and oxygen atoms in total. The van der Waals surface area contributed by atoms with Gasteiger partial charge in [-0.2, -0.15) is 4.80 Å². The molecular formula is C13H15N5O3. The number of aromatic nitrogens is 4. The summed E-state index contributed by atoms with van der Waals surface area (Å²) in [6.07, 6.45) is 0. The van der Waals surface area contributed by atoms with Gasteiger partial charge in [0.25, 0.3) is 0 Å². The number of nitrogens with zero attached hydrogens (tertiary/aromatic N) is 5. The normalized spacial score (nSPS) is 10.4. The molecule has 0 bridgehead atoms. The van der Waals surface area contributed by atoms with Gasteiger partial charge in [-0.25, -0.2) is 0 Å². The van der Waals surface area contributed by atoms with E-state index in [1.165, 1.54) is 7.05 Å². The monoisotopic (exact) mass is 289 g/mol. The predicted molar refractivity (Wildman–Crippen MR) is 73.3 cm³/mol. The Kier molecular flexibility index (Phi) is 4.27. The van der Waals surface area contributed by atoms with Gasteiger partial charge in [0.2, 0.25) is 11.7 Å². The number of carbonyl (C=O) groups is 2. The number of tetrazole rings is 1. The van der Waals surface area contributed by atoms with E-state index in [0.29, 0.717) is 5.82 Å². The highest BCUT2D eigenvalue weighted by Gasteiger charge is 2.14. The van der Waals surface area contributed by atoms with E-state index >= 15 is 0 Å². The molecule has 2 rings (SSSR count). The van der Waals surface area contributed by atoms with E-state index in [-0.39, 0.29) is 13.1 Å². The first kappa shape index (κ1) is 14.6. The lowest BCUT2D eigenvalue weighted by atomic mass is 10.1. The fourth-order valence-corrected chi connectivity index (χ4v) is 1.66. The van der Waals surface area contributed by atoms with Crippen molar-refractivity contribution in [2.45, 2.75) is 13.5 Å². The Morgan fingerprint density at radius 2 is 1.95 bits per heavy atom. The van der Waals surface area contributed by atoms with Crippen LogP contribution in [0.4, 0.5) is 0 Å². The van der Waals surface area contributed by atoms with E-state index in [0.717, 1.165) is 20.8 Å². The van der Waals surface area contributed by atoms with Gasteiger partial charge in [0, 0.05) is 12.6 Å². The lowest BCUT2D eigenvalue weighted by Gasteiger charge is -2.13. The molecule has 0 aliphatic rings. The Morgan fingerprint density at radius 3 is 2.57 bits per heavy atom. The van der Waals surface area contributed by atoms with Crippen LogP contribution in [-0.4, -0.2) is 55.7 Å². The molecule has 0 saturated heterocycles. The number of carbonyl (C=O) groups excluding carboxylic acids is 1. The number of rotatable bonds is 5. The highest BCUT2D eigenvalue weighted by molar-refractivity contribution is 5.80. The van der Waals surface area contributed by atoms with Crippen LogP contribution < -0.4 is 0 Å². The maximum atomic E-state index is 11.8. The molecule has 1 aromatic carbocycles. The molecule has 0 aliphatic heterocycles. The van der Waals surface area contributed by atoms with Crippen molar-refractivity contribution in [2.24, 2.45) is 0 Å². The zero-order chi connectivity index (χ0) is 15.4. The van der Waals surface area contributed by atoms with Gasteiger partial charge in [-0.1, -0.05) is 29.8 Å². The average Bonchev–Trinajstić information content (AvgIpc) is 2.87. The summed E-state index contributed by atoms with van der Waals surface area (Å²) in [7, 11) is 1.41. The summed E-state index contributed by atoms with van der Waals surface area (Å²) in [6.45, 7) is 1.46. The highest BCUT2D eigenvalue weighted by atomic mass is 16.4. The van der Waals surface area contributed by atoms with Crippen LogP contribution >= 0.6 is 0 Å². The van der Waals surface area contributed by atoms with Crippen LogP contribution in [0.3, 0.4) is 0 Å². The van der Waals surface area contributed by atoms with Gasteiger partial charge in [0.15, 0.2) is 0 Å². The Balaban J connectivity index is 2.05. The lowest BCUT2D eigenvalue weighted by Crippen LogP contribution is -2.34. The van der Waals surface area contributed by atoms with Crippen molar-refractivity contribution in [3.63, 3.8) is 0 Å². The molecule has 1 N–H and O–H groups in total. The van der Waals surface area contributed by atoms with Crippen LogP contribution in [0.5, 0.6) is 0 Å². The number of amides is 1. The van der Waals surface area contributed by atoms with Gasteiger partial charge in [-0.3, -0.25) is 9.59 Å². The molecule has 1 aromatic heterocycles. The van der Waals surface area contributed by atoms with Crippen molar-refractivity contribution in [1.29, 1.82) is 0 Å². The van der Waals surface area contributed by atoms with Gasteiger partial charge < -0.3 is 10.0 Å². The topological polar surface area (TPSA) is 101 Å². The SMILES string of the molecule is Cc1ccc(-c2nnn(CC(=O)N(C)CC(=O)O)n2)cc1. The molecule has 8 heteroatoms. The first-order valence-electron chi connectivity index (χ1n) is 6.26. The van der Waals surface area contributed by atoms with E-state index in [1.807, 2.05) is 31.2 Å². The summed E-state index contributed by atoms with van der Waals surface area (Å²) < 4.78 is 0. The van der Waals surface area contributed by atoms with Crippen molar-refractivity contribution >= 4 is 11.9 Å². The minimum Gasteiger partial charge on any atom is -0.480 e. The van der Waals surface area contributed by atoms with Gasteiger partial charge >= 0.3 is 5.97 Å². The van der Waals surface area contributed by atoms with Gasteiger partial charge in [0.1, 0.15) is 13.1 Å². The second-order valence-electron chi connectivity index (χ2n) is 4.65. The van der Waals surface area contributed by atoms with Gasteiger partial charge in [-0.15, -0.1) is 10.2 Å². The third-order valence-electron chi connectivity index (χ3n) is 2.84. The van der Waals surface area contributed by atoms with Crippen molar-refractivity contribution in [3.05, 3.63) is 29.8 Å². The second kappa shape index (κ2) is 6.12. The summed E-state index contributed by atoms with van der Waals surface area (Å²) in [5.74, 6) is -1.05. The average molecular weight is 289 g/mol. The molecule has 0 radical (unpaired) electrons. The van der Waals surface area contributed by atoms with Crippen LogP contribution in [0.2, 0.25) is 0 Å². The van der Waals surface area contributed by atoms with E-state index in [1.54, 1.807) is 0 Å². The molecule has 0 atom stereocenters. The van der Waals surface area contributed by atoms with Crippen molar-refractivity contribution in [2.75, 3.05) is 13.6 Å². The Bertz CT molecular complexity index is 650. The second-order valence-corrected chi connectivity index (χ2v) is 4.65. The molecule has 1 heterocycles. The molecule has 110 valence electrons. The van der Waals surface area contributed by atoms with Crippen LogP contribution in [0, 0.1) is 6.92 Å². The first-order valence-corrected chi connectivity index (χ1v) is 6.26. The van der Waals surface area contributed by atoms with Gasteiger partial charge in [-0.05, 0) is 12.1 Å². The maximum Gasteiger partial charge on any atom is 0.323 e. The summed E-state index contributed by atoms with van der Waals surface area (Å²) in [4.78, 5) is 24.6. The molecule has 0 aliphatic carbocycles. The maximum absolute atomic E-state index is 11.8. The summed E-state index contributed by atoms with van der Waals surface area (Å²) in [6, 6.07) is 7.60. The number of likely N-dealkylation sites (N-methyl/N-ethyl adjacent to an activating group) is 1. The standard InChI is InChI=1S/C13H15N5O3/c1-9-3-5-10(6-4-9)13-14-16-18(15-13)7-11(19)17(2)8-12(20)21/h3-6H,7-8H2,1-2H3,(H,20,21). The minimum absolute atomic E-state index is 0.150. The Labute approximate surface area is 121 Å².